The fourth-order valence-corrected chi connectivity index (χ4v) is 5.96. The molecule has 0 atom stereocenters. The zero-order valence-electron chi connectivity index (χ0n) is 23.3. The molecule has 2 heterocycles. The van der Waals surface area contributed by atoms with E-state index in [2.05, 4.69) is 114 Å². The van der Waals surface area contributed by atoms with Gasteiger partial charge in [-0.3, -0.25) is 4.90 Å². The summed E-state index contributed by atoms with van der Waals surface area (Å²) in [6.45, 7) is 10.8. The predicted octanol–water partition coefficient (Wildman–Crippen LogP) is 8.16. The maximum Gasteiger partial charge on any atom is 0.0483 e. The van der Waals surface area contributed by atoms with E-state index >= 15 is 0 Å². The average molecular weight is 506 g/mol. The zero-order valence-corrected chi connectivity index (χ0v) is 23.3. The van der Waals surface area contributed by atoms with E-state index in [4.69, 9.17) is 0 Å². The van der Waals surface area contributed by atoms with Crippen LogP contribution in [0.15, 0.2) is 90.6 Å². The highest BCUT2D eigenvalue weighted by Gasteiger charge is 2.19. The van der Waals surface area contributed by atoms with Gasteiger partial charge in [0.15, 0.2) is 0 Å². The first-order valence-corrected chi connectivity index (χ1v) is 14.6. The van der Waals surface area contributed by atoms with E-state index in [1.54, 1.807) is 5.57 Å². The van der Waals surface area contributed by atoms with E-state index in [9.17, 15) is 0 Å². The van der Waals surface area contributed by atoms with Crippen molar-refractivity contribution in [3.8, 4) is 11.1 Å². The highest BCUT2D eigenvalue weighted by atomic mass is 15.1. The number of nitrogens with one attached hydrogen (secondary N) is 1. The Balaban J connectivity index is 1.42. The molecule has 3 nitrogen and oxygen atoms in total. The Morgan fingerprint density at radius 2 is 1.58 bits per heavy atom. The molecule has 38 heavy (non-hydrogen) atoms. The summed E-state index contributed by atoms with van der Waals surface area (Å²) in [5.41, 5.74) is 9.88. The van der Waals surface area contributed by atoms with E-state index in [0.717, 1.165) is 52.1 Å². The summed E-state index contributed by atoms with van der Waals surface area (Å²) in [5.74, 6) is 0. The van der Waals surface area contributed by atoms with Gasteiger partial charge < -0.3 is 9.88 Å². The van der Waals surface area contributed by atoms with Crippen LogP contribution in [-0.4, -0.2) is 35.6 Å². The van der Waals surface area contributed by atoms with Gasteiger partial charge in [0.05, 0.1) is 0 Å². The van der Waals surface area contributed by atoms with Crippen molar-refractivity contribution in [1.29, 1.82) is 0 Å². The molecular formula is C35H43N3. The Kier molecular flexibility index (Phi) is 9.11. The van der Waals surface area contributed by atoms with Gasteiger partial charge in [0, 0.05) is 43.3 Å². The third-order valence-corrected chi connectivity index (χ3v) is 7.86. The first-order valence-electron chi connectivity index (χ1n) is 14.6. The van der Waals surface area contributed by atoms with E-state index in [1.807, 2.05) is 0 Å². The minimum Gasteiger partial charge on any atom is -0.347 e. The molecule has 1 aliphatic heterocycles. The molecule has 0 amide bonds. The van der Waals surface area contributed by atoms with Crippen LogP contribution < -0.4 is 5.32 Å². The Labute approximate surface area is 229 Å². The summed E-state index contributed by atoms with van der Waals surface area (Å²) in [4.78, 5) is 2.67. The Hall–Kier alpha value is -3.14. The first-order chi connectivity index (χ1) is 18.8. The maximum atomic E-state index is 3.67. The number of hydrogen-bond acceptors (Lipinski definition) is 2. The van der Waals surface area contributed by atoms with Crippen LogP contribution in [0.3, 0.4) is 0 Å². The Morgan fingerprint density at radius 1 is 0.789 bits per heavy atom. The molecule has 3 heteroatoms. The van der Waals surface area contributed by atoms with Crippen LogP contribution in [0.25, 0.3) is 27.6 Å². The van der Waals surface area contributed by atoms with Gasteiger partial charge in [-0.15, -0.1) is 0 Å². The van der Waals surface area contributed by atoms with Crippen LogP contribution >= 0.6 is 0 Å². The number of unbranched alkanes of at least 4 members (excludes halogenated alkanes) is 2. The Bertz CT molecular complexity index is 1350. The highest BCUT2D eigenvalue weighted by Crippen LogP contribution is 2.30. The smallest absolute Gasteiger partial charge is 0.0483 e. The zero-order chi connectivity index (χ0) is 26.2. The van der Waals surface area contributed by atoms with Crippen molar-refractivity contribution in [3.63, 3.8) is 0 Å². The topological polar surface area (TPSA) is 20.2 Å². The molecule has 5 rings (SSSR count). The lowest BCUT2D eigenvalue weighted by atomic mass is 9.91. The van der Waals surface area contributed by atoms with Gasteiger partial charge in [-0.25, -0.2) is 0 Å². The third-order valence-electron chi connectivity index (χ3n) is 7.86. The number of nitrogens with zero attached hydrogens (tertiary/aromatic N) is 2. The van der Waals surface area contributed by atoms with Gasteiger partial charge in [0.1, 0.15) is 0 Å². The normalized spacial score (nSPS) is 14.1. The minimum atomic E-state index is 0.976. The molecule has 0 bridgehead atoms. The summed E-state index contributed by atoms with van der Waals surface area (Å²) < 4.78 is 2.49. The molecule has 3 aromatic carbocycles. The number of hydrogen-bond donors (Lipinski definition) is 1. The van der Waals surface area contributed by atoms with Crippen molar-refractivity contribution in [1.82, 2.24) is 14.8 Å². The molecule has 0 saturated heterocycles. The lowest BCUT2D eigenvalue weighted by Gasteiger charge is -2.28. The van der Waals surface area contributed by atoms with Crippen LogP contribution in [0.4, 0.5) is 0 Å². The van der Waals surface area contributed by atoms with Crippen LogP contribution in [0.2, 0.25) is 0 Å². The summed E-state index contributed by atoms with van der Waals surface area (Å²) in [6.07, 6.45) is 8.48. The minimum absolute atomic E-state index is 0.976. The second-order valence-electron chi connectivity index (χ2n) is 10.7. The van der Waals surface area contributed by atoms with Crippen LogP contribution in [-0.2, 0) is 13.1 Å². The SMILES string of the molecule is CCCCCn1cc(CN(CCC)CC2=C(c3cccc(-c4ccccc4)c3)CCNC2)c2ccccc21. The van der Waals surface area contributed by atoms with E-state index in [0.29, 0.717) is 0 Å². The fraction of sp³-hybridized carbons (Fsp3) is 0.371. The summed E-state index contributed by atoms with van der Waals surface area (Å²) >= 11 is 0. The molecule has 1 N–H and O–H groups in total. The fourth-order valence-electron chi connectivity index (χ4n) is 5.96. The summed E-state index contributed by atoms with van der Waals surface area (Å²) in [6, 6.07) is 28.9. The van der Waals surface area contributed by atoms with Crippen molar-refractivity contribution in [2.75, 3.05) is 26.2 Å². The average Bonchev–Trinajstić information content (AvgIpc) is 3.31. The van der Waals surface area contributed by atoms with E-state index in [-0.39, 0.29) is 0 Å². The van der Waals surface area contributed by atoms with Crippen molar-refractivity contribution in [3.05, 3.63) is 102 Å². The largest absolute Gasteiger partial charge is 0.347 e. The third kappa shape index (κ3) is 6.28. The number of aromatic nitrogens is 1. The van der Waals surface area contributed by atoms with Crippen LogP contribution in [0, 0.1) is 0 Å². The number of fused-ring (bicyclic) bond motifs is 1. The molecule has 0 saturated carbocycles. The number of para-hydroxylation sites is 1. The van der Waals surface area contributed by atoms with Gasteiger partial charge in [-0.2, -0.15) is 0 Å². The number of rotatable bonds is 12. The molecule has 0 radical (unpaired) electrons. The highest BCUT2D eigenvalue weighted by molar-refractivity contribution is 5.84. The van der Waals surface area contributed by atoms with Gasteiger partial charge in [-0.1, -0.05) is 93.4 Å². The summed E-state index contributed by atoms with van der Waals surface area (Å²) in [5, 5.41) is 5.08. The molecule has 198 valence electrons. The van der Waals surface area contributed by atoms with Crippen molar-refractivity contribution < 1.29 is 0 Å². The molecular weight excluding hydrogens is 462 g/mol. The molecule has 1 aliphatic rings. The molecule has 0 aliphatic carbocycles. The van der Waals surface area contributed by atoms with Crippen molar-refractivity contribution in [2.24, 2.45) is 0 Å². The Morgan fingerprint density at radius 3 is 2.42 bits per heavy atom. The quantitative estimate of drug-likeness (QED) is 0.196. The lowest BCUT2D eigenvalue weighted by molar-refractivity contribution is 0.286. The van der Waals surface area contributed by atoms with Crippen LogP contribution in [0.1, 0.15) is 57.1 Å². The van der Waals surface area contributed by atoms with E-state index in [1.165, 1.54) is 58.0 Å². The molecule has 0 unspecified atom stereocenters. The van der Waals surface area contributed by atoms with Crippen molar-refractivity contribution in [2.45, 2.75) is 59.0 Å². The molecule has 4 aromatic rings. The van der Waals surface area contributed by atoms with Gasteiger partial charge in [-0.05, 0) is 77.9 Å². The number of aryl methyl sites for hydroxylation is 1. The van der Waals surface area contributed by atoms with Gasteiger partial charge in [0.2, 0.25) is 0 Å². The monoisotopic (exact) mass is 505 g/mol. The van der Waals surface area contributed by atoms with Crippen molar-refractivity contribution >= 4 is 16.5 Å². The molecule has 1 aromatic heterocycles. The first kappa shape index (κ1) is 26.5. The second-order valence-corrected chi connectivity index (χ2v) is 10.7. The van der Waals surface area contributed by atoms with Gasteiger partial charge >= 0.3 is 0 Å². The predicted molar refractivity (Wildman–Crippen MR) is 163 cm³/mol. The second kappa shape index (κ2) is 13.1. The van der Waals surface area contributed by atoms with Crippen LogP contribution in [0.5, 0.6) is 0 Å². The molecule has 0 fully saturated rings. The van der Waals surface area contributed by atoms with E-state index < -0.39 is 0 Å². The van der Waals surface area contributed by atoms with Gasteiger partial charge in [0.25, 0.3) is 0 Å². The lowest BCUT2D eigenvalue weighted by Crippen LogP contribution is -2.33. The maximum absolute atomic E-state index is 3.67. The standard InChI is InChI=1S/C35H43N3/c1-3-5-11-22-38-27-32(34-17-9-10-18-35(34)38)26-37(21-4-2)25-31-24-36-20-19-33(31)30-16-12-15-29(23-30)28-13-7-6-8-14-28/h6-10,12-18,23,27,36H,3-5,11,19-22,24-26H2,1-2H3. The summed E-state index contributed by atoms with van der Waals surface area (Å²) in [7, 11) is 0. The number of benzene rings is 3. The molecule has 0 spiro atoms.